The van der Waals surface area contributed by atoms with Gasteiger partial charge in [0.15, 0.2) is 0 Å². The van der Waals surface area contributed by atoms with E-state index in [1.165, 1.54) is 12.0 Å². The number of nitrogens with zero attached hydrogens (tertiary/aromatic N) is 8. The average molecular weight is 818 g/mol. The van der Waals surface area contributed by atoms with Crippen molar-refractivity contribution >= 4 is 34.6 Å². The molecule has 5 atom stereocenters. The second kappa shape index (κ2) is 16.5. The minimum absolute atomic E-state index is 0.0729. The molecular formula is C43H54Cl2N8O4. The van der Waals surface area contributed by atoms with Crippen LogP contribution in [0.2, 0.25) is 10.0 Å². The highest BCUT2D eigenvalue weighted by Crippen LogP contribution is 2.46. The standard InChI is InChI=1S/C43H54Cl2N8O4/c1-10-37(26(2)3)53-42(54)52(25-48-53)34-11-13-38(27(4)17-34)49-15-16-51(29(6)20-49)33-12-14-39(28(5)18-33)55-21-40-32(9)56-43(57-40,22-50-24-46-23-47-50)41-31(8)30(7)35(44)19-36(41)45/h11-14,17-19,23-26,29,32,37,40H,10,15-16,20-22H2,1-9H3/t29?,32?,37?,40-,43-/m1/s1. The molecule has 2 saturated heterocycles. The minimum Gasteiger partial charge on any atom is -0.490 e. The Morgan fingerprint density at radius 1 is 0.912 bits per heavy atom. The number of piperazine rings is 1. The predicted octanol–water partition coefficient (Wildman–Crippen LogP) is 8.22. The first-order chi connectivity index (χ1) is 27.2. The summed E-state index contributed by atoms with van der Waals surface area (Å²) in [6, 6.07) is 14.7. The summed E-state index contributed by atoms with van der Waals surface area (Å²) in [6.07, 6.45) is 4.93. The van der Waals surface area contributed by atoms with Gasteiger partial charge >= 0.3 is 5.69 Å². The summed E-state index contributed by atoms with van der Waals surface area (Å²) in [7, 11) is 0. The van der Waals surface area contributed by atoms with Crippen molar-refractivity contribution in [2.24, 2.45) is 5.92 Å². The van der Waals surface area contributed by atoms with Crippen LogP contribution in [0.3, 0.4) is 0 Å². The maximum Gasteiger partial charge on any atom is 0.350 e. The fourth-order valence-electron chi connectivity index (χ4n) is 8.52. The summed E-state index contributed by atoms with van der Waals surface area (Å²) in [5.74, 6) is -0.103. The molecule has 3 unspecified atom stereocenters. The molecule has 0 aliphatic carbocycles. The quantitative estimate of drug-likeness (QED) is 0.123. The van der Waals surface area contributed by atoms with Gasteiger partial charge in [0.05, 0.1) is 22.9 Å². The molecule has 12 nitrogen and oxygen atoms in total. The summed E-state index contributed by atoms with van der Waals surface area (Å²) < 4.78 is 24.9. The summed E-state index contributed by atoms with van der Waals surface area (Å²) in [5, 5.41) is 9.86. The second-order valence-corrected chi connectivity index (χ2v) is 16.8. The van der Waals surface area contributed by atoms with Crippen molar-refractivity contribution in [3.05, 3.63) is 110 Å². The van der Waals surface area contributed by atoms with Crippen molar-refractivity contribution in [2.45, 2.75) is 105 Å². The number of aryl methyl sites for hydroxylation is 2. The van der Waals surface area contributed by atoms with Crippen LogP contribution in [0.25, 0.3) is 5.69 Å². The molecule has 57 heavy (non-hydrogen) atoms. The summed E-state index contributed by atoms with van der Waals surface area (Å²) in [4.78, 5) is 22.3. The number of aromatic nitrogens is 6. The minimum atomic E-state index is -1.22. The molecule has 2 aliphatic heterocycles. The van der Waals surface area contributed by atoms with E-state index in [1.54, 1.807) is 32.7 Å². The molecule has 0 radical (unpaired) electrons. The van der Waals surface area contributed by atoms with Crippen molar-refractivity contribution in [3.63, 3.8) is 0 Å². The van der Waals surface area contributed by atoms with E-state index in [9.17, 15) is 4.79 Å². The third kappa shape index (κ3) is 7.93. The van der Waals surface area contributed by atoms with Crippen LogP contribution in [0.15, 0.2) is 66.2 Å². The third-order valence-electron chi connectivity index (χ3n) is 11.8. The van der Waals surface area contributed by atoms with Crippen LogP contribution in [0, 0.1) is 33.6 Å². The molecule has 0 spiro atoms. The lowest BCUT2D eigenvalue weighted by atomic mass is 9.96. The highest BCUT2D eigenvalue weighted by atomic mass is 35.5. The van der Waals surface area contributed by atoms with Gasteiger partial charge in [-0.25, -0.2) is 23.7 Å². The number of halogens is 2. The normalized spacial score (nSPS) is 21.8. The van der Waals surface area contributed by atoms with E-state index in [1.807, 2.05) is 32.9 Å². The van der Waals surface area contributed by atoms with E-state index in [-0.39, 0.29) is 43.1 Å². The highest BCUT2D eigenvalue weighted by molar-refractivity contribution is 6.35. The van der Waals surface area contributed by atoms with Crippen LogP contribution in [-0.4, -0.2) is 73.6 Å². The number of rotatable bonds is 12. The topological polar surface area (TPSA) is 105 Å². The van der Waals surface area contributed by atoms with Crippen molar-refractivity contribution < 1.29 is 14.2 Å². The van der Waals surface area contributed by atoms with Crippen molar-refractivity contribution in [1.29, 1.82) is 0 Å². The van der Waals surface area contributed by atoms with Gasteiger partial charge in [0, 0.05) is 47.6 Å². The molecule has 4 heterocycles. The zero-order chi connectivity index (χ0) is 40.8. The zero-order valence-corrected chi connectivity index (χ0v) is 35.9. The number of anilines is 2. The molecule has 3 aromatic carbocycles. The molecule has 0 amide bonds. The van der Waals surface area contributed by atoms with E-state index in [0.29, 0.717) is 16.0 Å². The van der Waals surface area contributed by atoms with Crippen LogP contribution in [0.5, 0.6) is 5.75 Å². The fraction of sp³-hybridized carbons (Fsp3) is 0.488. The van der Waals surface area contributed by atoms with Crippen LogP contribution >= 0.6 is 23.2 Å². The van der Waals surface area contributed by atoms with Gasteiger partial charge in [-0.05, 0) is 119 Å². The zero-order valence-electron chi connectivity index (χ0n) is 34.4. The van der Waals surface area contributed by atoms with Gasteiger partial charge in [-0.1, -0.05) is 44.0 Å². The lowest BCUT2D eigenvalue weighted by molar-refractivity contribution is -0.196. The number of benzene rings is 3. The Hall–Kier alpha value is -4.36. The van der Waals surface area contributed by atoms with Gasteiger partial charge in [0.2, 0.25) is 5.79 Å². The lowest BCUT2D eigenvalue weighted by Crippen LogP contribution is -2.52. The van der Waals surface area contributed by atoms with E-state index in [4.69, 9.17) is 37.4 Å². The largest absolute Gasteiger partial charge is 0.490 e. The fourth-order valence-corrected chi connectivity index (χ4v) is 9.22. The maximum absolute atomic E-state index is 13.3. The maximum atomic E-state index is 13.3. The van der Waals surface area contributed by atoms with Crippen molar-refractivity contribution in [2.75, 3.05) is 36.0 Å². The van der Waals surface area contributed by atoms with Gasteiger partial charge < -0.3 is 24.0 Å². The highest BCUT2D eigenvalue weighted by Gasteiger charge is 2.50. The first-order valence-corrected chi connectivity index (χ1v) is 20.6. The second-order valence-electron chi connectivity index (χ2n) is 16.0. The Kier molecular flexibility index (Phi) is 11.8. The molecule has 0 N–H and O–H groups in total. The Morgan fingerprint density at radius 3 is 2.33 bits per heavy atom. The van der Waals surface area contributed by atoms with Gasteiger partial charge in [-0.15, -0.1) is 0 Å². The van der Waals surface area contributed by atoms with Crippen molar-refractivity contribution in [1.82, 2.24) is 29.1 Å². The predicted molar refractivity (Wildman–Crippen MR) is 225 cm³/mol. The molecule has 7 rings (SSSR count). The van der Waals surface area contributed by atoms with Crippen LogP contribution in [0.1, 0.15) is 74.9 Å². The van der Waals surface area contributed by atoms with Gasteiger partial charge in [-0.2, -0.15) is 10.2 Å². The molecular weight excluding hydrogens is 763 g/mol. The Bertz CT molecular complexity index is 2270. The molecule has 304 valence electrons. The SMILES string of the molecule is CCC(C(C)C)n1ncn(-c2ccc(N3CCN(c4ccc(OC[C@H]5O[C@](Cn6cncn6)(c6c(Cl)cc(Cl)c(C)c6C)OC5C)c(C)c4)C(C)C3)c(C)c2)c1=O. The Labute approximate surface area is 345 Å². The van der Waals surface area contributed by atoms with Gasteiger partial charge in [0.25, 0.3) is 0 Å². The Morgan fingerprint density at radius 2 is 1.67 bits per heavy atom. The smallest absolute Gasteiger partial charge is 0.350 e. The Balaban J connectivity index is 1.01. The van der Waals surface area contributed by atoms with E-state index < -0.39 is 5.79 Å². The summed E-state index contributed by atoms with van der Waals surface area (Å²) in [6.45, 7) is 21.9. The van der Waals surface area contributed by atoms with Crippen LogP contribution in [0.4, 0.5) is 11.4 Å². The van der Waals surface area contributed by atoms with Crippen LogP contribution in [-0.2, 0) is 21.8 Å². The summed E-state index contributed by atoms with van der Waals surface area (Å²) >= 11 is 13.3. The monoisotopic (exact) mass is 816 g/mol. The first-order valence-electron chi connectivity index (χ1n) is 19.9. The van der Waals surface area contributed by atoms with Gasteiger partial charge in [0.1, 0.15) is 44.0 Å². The molecule has 2 aromatic heterocycles. The molecule has 0 saturated carbocycles. The number of hydrogen-bond donors (Lipinski definition) is 0. The molecule has 14 heteroatoms. The lowest BCUT2D eigenvalue weighted by Gasteiger charge is -2.43. The van der Waals surface area contributed by atoms with E-state index in [2.05, 4.69) is 90.8 Å². The van der Waals surface area contributed by atoms with Crippen molar-refractivity contribution in [3.8, 4) is 11.4 Å². The number of ether oxygens (including phenoxy) is 3. The van der Waals surface area contributed by atoms with E-state index in [0.717, 1.165) is 71.0 Å². The molecule has 0 bridgehead atoms. The van der Waals surface area contributed by atoms with Gasteiger partial charge in [-0.3, -0.25) is 0 Å². The summed E-state index contributed by atoms with van der Waals surface area (Å²) in [5.41, 5.74) is 7.78. The van der Waals surface area contributed by atoms with E-state index >= 15 is 0 Å². The average Bonchev–Trinajstić information content (AvgIpc) is 3.89. The molecule has 2 fully saturated rings. The first kappa shape index (κ1) is 40.8. The molecule has 2 aliphatic rings. The third-order valence-corrected chi connectivity index (χ3v) is 12.5. The van der Waals surface area contributed by atoms with Crippen LogP contribution < -0.4 is 20.2 Å². The molecule has 5 aromatic rings. The number of hydrogen-bond acceptors (Lipinski definition) is 9.